The van der Waals surface area contributed by atoms with Crippen LogP contribution in [0.2, 0.25) is 0 Å². The van der Waals surface area contributed by atoms with Gasteiger partial charge in [0.25, 0.3) is 0 Å². The smallest absolute Gasteiger partial charge is 0.344 e. The van der Waals surface area contributed by atoms with Crippen LogP contribution in [0.15, 0.2) is 42.5 Å². The molecule has 0 radical (unpaired) electrons. The number of benzene rings is 2. The molecule has 1 aliphatic heterocycles. The van der Waals surface area contributed by atoms with E-state index in [1.165, 1.54) is 19.3 Å². The van der Waals surface area contributed by atoms with Crippen LogP contribution in [0.25, 0.3) is 10.8 Å². The minimum absolute atomic E-state index is 0.0190. The average molecular weight is 353 g/mol. The fraction of sp³-hybridized carbons (Fsp3) is 0.500. The van der Waals surface area contributed by atoms with Crippen LogP contribution in [-0.4, -0.2) is 42.7 Å². The van der Waals surface area contributed by atoms with E-state index >= 15 is 0 Å². The van der Waals surface area contributed by atoms with Crippen LogP contribution in [0, 0.1) is 0 Å². The summed E-state index contributed by atoms with van der Waals surface area (Å²) in [6.45, 7) is 2.26. The molecule has 1 aliphatic carbocycles. The standard InChI is InChI=1S/C22H27NO3/c24-22(16-25-20-13-7-9-17-8-1-2-10-18(17)20)26-21-12-4-3-11-19(21)23-14-5-6-15-23/h1-2,7-10,13,19,21H,3-6,11-12,14-16H2. The normalized spacial score (nSPS) is 23.8. The Hall–Kier alpha value is -2.07. The van der Waals surface area contributed by atoms with Crippen molar-refractivity contribution in [3.63, 3.8) is 0 Å². The summed E-state index contributed by atoms with van der Waals surface area (Å²) in [5.41, 5.74) is 0. The van der Waals surface area contributed by atoms with Crippen molar-refractivity contribution in [1.29, 1.82) is 0 Å². The maximum Gasteiger partial charge on any atom is 0.344 e. The zero-order valence-electron chi connectivity index (χ0n) is 15.2. The Balaban J connectivity index is 1.37. The quantitative estimate of drug-likeness (QED) is 0.756. The highest BCUT2D eigenvalue weighted by Gasteiger charge is 2.34. The molecule has 0 bridgehead atoms. The molecule has 2 aliphatic rings. The molecule has 4 nitrogen and oxygen atoms in total. The van der Waals surface area contributed by atoms with Crippen LogP contribution in [0.1, 0.15) is 38.5 Å². The van der Waals surface area contributed by atoms with Gasteiger partial charge in [0, 0.05) is 11.4 Å². The van der Waals surface area contributed by atoms with E-state index in [-0.39, 0.29) is 18.7 Å². The Morgan fingerprint density at radius 1 is 0.962 bits per heavy atom. The number of fused-ring (bicyclic) bond motifs is 1. The number of carbonyl (C=O) groups excluding carboxylic acids is 1. The van der Waals surface area contributed by atoms with Crippen LogP contribution in [-0.2, 0) is 9.53 Å². The van der Waals surface area contributed by atoms with Crippen LogP contribution < -0.4 is 4.74 Å². The first-order chi connectivity index (χ1) is 12.8. The van der Waals surface area contributed by atoms with Crippen LogP contribution in [0.3, 0.4) is 0 Å². The number of nitrogens with zero attached hydrogens (tertiary/aromatic N) is 1. The summed E-state index contributed by atoms with van der Waals surface area (Å²) in [5.74, 6) is 0.480. The second-order valence-corrected chi connectivity index (χ2v) is 7.39. The number of likely N-dealkylation sites (tertiary alicyclic amines) is 1. The number of hydrogen-bond acceptors (Lipinski definition) is 4. The van der Waals surface area contributed by atoms with Gasteiger partial charge in [-0.3, -0.25) is 4.90 Å². The van der Waals surface area contributed by atoms with Gasteiger partial charge in [-0.25, -0.2) is 4.79 Å². The predicted molar refractivity (Wildman–Crippen MR) is 102 cm³/mol. The minimum Gasteiger partial charge on any atom is -0.481 e. The van der Waals surface area contributed by atoms with Crippen LogP contribution in [0.5, 0.6) is 5.75 Å². The van der Waals surface area contributed by atoms with E-state index in [2.05, 4.69) is 4.90 Å². The maximum atomic E-state index is 12.4. The highest BCUT2D eigenvalue weighted by atomic mass is 16.6. The molecule has 0 N–H and O–H groups in total. The summed E-state index contributed by atoms with van der Waals surface area (Å²) in [5, 5.41) is 2.13. The second-order valence-electron chi connectivity index (χ2n) is 7.39. The number of ether oxygens (including phenoxy) is 2. The lowest BCUT2D eigenvalue weighted by molar-refractivity contribution is -0.156. The first-order valence-electron chi connectivity index (χ1n) is 9.85. The topological polar surface area (TPSA) is 38.8 Å². The first kappa shape index (κ1) is 17.3. The van der Waals surface area contributed by atoms with E-state index < -0.39 is 0 Å². The van der Waals surface area contributed by atoms with Gasteiger partial charge in [-0.1, -0.05) is 42.8 Å². The van der Waals surface area contributed by atoms with Gasteiger partial charge in [-0.05, 0) is 56.6 Å². The van der Waals surface area contributed by atoms with E-state index in [4.69, 9.17) is 9.47 Å². The Labute approximate surface area is 155 Å². The SMILES string of the molecule is O=C(COc1cccc2ccccc12)OC1CCCCC1N1CCCC1. The number of esters is 1. The van der Waals surface area contributed by atoms with Crippen molar-refractivity contribution in [2.24, 2.45) is 0 Å². The third-order valence-electron chi connectivity index (χ3n) is 5.66. The highest BCUT2D eigenvalue weighted by Crippen LogP contribution is 2.29. The number of carbonyl (C=O) groups is 1. The molecule has 138 valence electrons. The summed E-state index contributed by atoms with van der Waals surface area (Å²) in [6, 6.07) is 14.3. The van der Waals surface area contributed by atoms with Crippen molar-refractivity contribution in [1.82, 2.24) is 4.90 Å². The Morgan fingerprint density at radius 2 is 1.73 bits per heavy atom. The summed E-state index contributed by atoms with van der Waals surface area (Å²) < 4.78 is 11.6. The number of hydrogen-bond donors (Lipinski definition) is 0. The van der Waals surface area contributed by atoms with Gasteiger partial charge < -0.3 is 9.47 Å². The molecule has 2 fully saturated rings. The monoisotopic (exact) mass is 353 g/mol. The molecule has 0 aromatic heterocycles. The maximum absolute atomic E-state index is 12.4. The van der Waals surface area contributed by atoms with Crippen molar-refractivity contribution >= 4 is 16.7 Å². The Morgan fingerprint density at radius 3 is 2.62 bits per heavy atom. The third-order valence-corrected chi connectivity index (χ3v) is 5.66. The third kappa shape index (κ3) is 3.85. The molecule has 26 heavy (non-hydrogen) atoms. The van der Waals surface area contributed by atoms with E-state index in [9.17, 15) is 4.79 Å². The van der Waals surface area contributed by atoms with Gasteiger partial charge >= 0.3 is 5.97 Å². The molecule has 2 atom stereocenters. The van der Waals surface area contributed by atoms with Crippen LogP contribution in [0.4, 0.5) is 0 Å². The van der Waals surface area contributed by atoms with Gasteiger partial charge in [0.2, 0.25) is 0 Å². The van der Waals surface area contributed by atoms with Crippen molar-refractivity contribution in [2.75, 3.05) is 19.7 Å². The van der Waals surface area contributed by atoms with Crippen molar-refractivity contribution < 1.29 is 14.3 Å². The molecule has 1 saturated heterocycles. The summed E-state index contributed by atoms with van der Waals surface area (Å²) in [7, 11) is 0. The highest BCUT2D eigenvalue weighted by molar-refractivity contribution is 5.88. The average Bonchev–Trinajstić information content (AvgIpc) is 3.21. The molecular weight excluding hydrogens is 326 g/mol. The van der Waals surface area contributed by atoms with Gasteiger partial charge in [-0.15, -0.1) is 0 Å². The second kappa shape index (κ2) is 8.09. The van der Waals surface area contributed by atoms with Crippen molar-refractivity contribution in [2.45, 2.75) is 50.7 Å². The fourth-order valence-corrected chi connectivity index (χ4v) is 4.37. The number of rotatable bonds is 5. The van der Waals surface area contributed by atoms with E-state index in [1.807, 2.05) is 42.5 Å². The lowest BCUT2D eigenvalue weighted by Gasteiger charge is -2.37. The molecule has 2 unspecified atom stereocenters. The van der Waals surface area contributed by atoms with E-state index in [0.717, 1.165) is 48.9 Å². The van der Waals surface area contributed by atoms with Gasteiger partial charge in [0.1, 0.15) is 11.9 Å². The zero-order valence-corrected chi connectivity index (χ0v) is 15.2. The molecule has 4 rings (SSSR count). The van der Waals surface area contributed by atoms with Gasteiger partial charge in [0.15, 0.2) is 6.61 Å². The zero-order chi connectivity index (χ0) is 17.8. The molecule has 1 heterocycles. The van der Waals surface area contributed by atoms with Crippen LogP contribution >= 0.6 is 0 Å². The predicted octanol–water partition coefficient (Wildman–Crippen LogP) is 4.17. The lowest BCUT2D eigenvalue weighted by atomic mass is 9.91. The van der Waals surface area contributed by atoms with E-state index in [1.54, 1.807) is 0 Å². The van der Waals surface area contributed by atoms with Gasteiger partial charge in [-0.2, -0.15) is 0 Å². The molecule has 0 spiro atoms. The Bertz CT molecular complexity index is 749. The largest absolute Gasteiger partial charge is 0.481 e. The van der Waals surface area contributed by atoms with E-state index in [0.29, 0.717) is 6.04 Å². The molecule has 0 amide bonds. The van der Waals surface area contributed by atoms with Crippen molar-refractivity contribution in [3.05, 3.63) is 42.5 Å². The Kier molecular flexibility index (Phi) is 5.40. The summed E-state index contributed by atoms with van der Waals surface area (Å²) in [6.07, 6.45) is 7.05. The molecule has 2 aromatic carbocycles. The molecular formula is C22H27NO3. The summed E-state index contributed by atoms with van der Waals surface area (Å²) in [4.78, 5) is 14.9. The first-order valence-corrected chi connectivity index (χ1v) is 9.85. The minimum atomic E-state index is -0.256. The fourth-order valence-electron chi connectivity index (χ4n) is 4.37. The summed E-state index contributed by atoms with van der Waals surface area (Å²) >= 11 is 0. The van der Waals surface area contributed by atoms with Gasteiger partial charge in [0.05, 0.1) is 0 Å². The molecule has 2 aromatic rings. The molecule has 4 heteroatoms. The molecule has 1 saturated carbocycles. The van der Waals surface area contributed by atoms with Crippen molar-refractivity contribution in [3.8, 4) is 5.75 Å². The lowest BCUT2D eigenvalue weighted by Crippen LogP contribution is -2.46.